The smallest absolute Gasteiger partial charge is 0.278 e. The van der Waals surface area contributed by atoms with E-state index in [0.717, 1.165) is 5.56 Å². The minimum Gasteiger partial charge on any atom is -0.497 e. The van der Waals surface area contributed by atoms with Crippen LogP contribution < -0.4 is 14.8 Å². The summed E-state index contributed by atoms with van der Waals surface area (Å²) in [6.07, 6.45) is 0.412. The molecule has 0 aliphatic carbocycles. The summed E-state index contributed by atoms with van der Waals surface area (Å²) in [5.41, 5.74) is 2.40. The second-order valence-corrected chi connectivity index (χ2v) is 7.45. The van der Waals surface area contributed by atoms with Crippen LogP contribution in [0, 0.1) is 5.82 Å². The van der Waals surface area contributed by atoms with Crippen molar-refractivity contribution in [2.24, 2.45) is 0 Å². The van der Waals surface area contributed by atoms with E-state index in [-0.39, 0.29) is 23.6 Å². The Morgan fingerprint density at radius 1 is 0.879 bits per heavy atom. The monoisotopic (exact) mass is 446 g/mol. The van der Waals surface area contributed by atoms with Crippen molar-refractivity contribution < 1.29 is 23.5 Å². The average molecular weight is 446 g/mol. The van der Waals surface area contributed by atoms with E-state index in [2.05, 4.69) is 5.32 Å². The van der Waals surface area contributed by atoms with Crippen LogP contribution in [0.3, 0.4) is 0 Å². The van der Waals surface area contributed by atoms with Crippen molar-refractivity contribution in [1.29, 1.82) is 0 Å². The first-order chi connectivity index (χ1) is 16.0. The van der Waals surface area contributed by atoms with E-state index in [1.807, 2.05) is 18.2 Å². The van der Waals surface area contributed by atoms with Gasteiger partial charge in [0.2, 0.25) is 0 Å². The van der Waals surface area contributed by atoms with Gasteiger partial charge in [0.15, 0.2) is 0 Å². The minimum absolute atomic E-state index is 0.164. The Hall–Kier alpha value is -4.13. The van der Waals surface area contributed by atoms with Gasteiger partial charge in [0.25, 0.3) is 11.8 Å². The number of carbonyl (C=O) groups is 2. The number of methoxy groups -OCH3 is 2. The van der Waals surface area contributed by atoms with Gasteiger partial charge in [-0.1, -0.05) is 42.5 Å². The first kappa shape index (κ1) is 22.1. The fourth-order valence-electron chi connectivity index (χ4n) is 3.71. The number of imide groups is 1. The molecule has 0 fully saturated rings. The Labute approximate surface area is 191 Å². The Balaban J connectivity index is 1.68. The van der Waals surface area contributed by atoms with Crippen molar-refractivity contribution in [3.63, 3.8) is 0 Å². The first-order valence-corrected chi connectivity index (χ1v) is 10.4. The molecule has 0 spiro atoms. The molecule has 1 aliphatic heterocycles. The third-order valence-electron chi connectivity index (χ3n) is 5.43. The molecule has 0 bridgehead atoms. The van der Waals surface area contributed by atoms with Crippen LogP contribution in [-0.2, 0) is 16.0 Å². The lowest BCUT2D eigenvalue weighted by Gasteiger charge is -2.16. The molecule has 0 saturated carbocycles. The second kappa shape index (κ2) is 9.56. The van der Waals surface area contributed by atoms with E-state index in [4.69, 9.17) is 9.47 Å². The number of halogens is 1. The van der Waals surface area contributed by atoms with Gasteiger partial charge in [-0.05, 0) is 41.8 Å². The van der Waals surface area contributed by atoms with E-state index in [9.17, 15) is 14.0 Å². The molecular weight excluding hydrogens is 423 g/mol. The Kier molecular flexibility index (Phi) is 6.40. The van der Waals surface area contributed by atoms with Gasteiger partial charge in [0.05, 0.1) is 25.5 Å². The highest BCUT2D eigenvalue weighted by Crippen LogP contribution is 2.35. The summed E-state index contributed by atoms with van der Waals surface area (Å²) in [5.74, 6) is -0.0897. The molecular formula is C26H23FN2O4. The van der Waals surface area contributed by atoms with Crippen LogP contribution in [0.1, 0.15) is 11.1 Å². The summed E-state index contributed by atoms with van der Waals surface area (Å²) in [5, 5.41) is 3.11. The van der Waals surface area contributed by atoms with Crippen molar-refractivity contribution in [2.75, 3.05) is 26.1 Å². The van der Waals surface area contributed by atoms with Crippen LogP contribution in [-0.4, -0.2) is 37.5 Å². The van der Waals surface area contributed by atoms with E-state index < -0.39 is 11.8 Å². The molecule has 0 saturated heterocycles. The van der Waals surface area contributed by atoms with Crippen molar-refractivity contribution in [2.45, 2.75) is 6.42 Å². The average Bonchev–Trinajstić information content (AvgIpc) is 3.08. The van der Waals surface area contributed by atoms with Crippen molar-refractivity contribution in [3.05, 3.63) is 95.4 Å². The van der Waals surface area contributed by atoms with Crippen molar-refractivity contribution in [3.8, 4) is 11.5 Å². The molecule has 0 aromatic heterocycles. The highest BCUT2D eigenvalue weighted by atomic mass is 19.1. The summed E-state index contributed by atoms with van der Waals surface area (Å²) in [6.45, 7) is 0.167. The predicted octanol–water partition coefficient (Wildman–Crippen LogP) is 4.28. The molecule has 4 rings (SSSR count). The lowest BCUT2D eigenvalue weighted by Crippen LogP contribution is -2.34. The van der Waals surface area contributed by atoms with Crippen LogP contribution >= 0.6 is 0 Å². The Bertz CT molecular complexity index is 1210. The number of amides is 2. The molecule has 33 heavy (non-hydrogen) atoms. The number of nitrogens with zero attached hydrogens (tertiary/aromatic N) is 1. The Morgan fingerprint density at radius 2 is 1.61 bits per heavy atom. The van der Waals surface area contributed by atoms with Crippen LogP contribution in [0.5, 0.6) is 11.5 Å². The van der Waals surface area contributed by atoms with Crippen LogP contribution in [0.15, 0.2) is 78.5 Å². The van der Waals surface area contributed by atoms with E-state index in [1.54, 1.807) is 49.6 Å². The standard InChI is InChI=1S/C26H23FN2O4/c1-32-20-12-13-22(33-2)21(16-20)28-24-23(18-6-4-3-5-7-18)25(30)29(26(24)31)15-14-17-8-10-19(27)11-9-17/h3-13,16,28H,14-15H2,1-2H3. The largest absolute Gasteiger partial charge is 0.497 e. The number of ether oxygens (including phenoxy) is 2. The fourth-order valence-corrected chi connectivity index (χ4v) is 3.71. The second-order valence-electron chi connectivity index (χ2n) is 7.45. The van der Waals surface area contributed by atoms with Gasteiger partial charge >= 0.3 is 0 Å². The fraction of sp³-hybridized carbons (Fsp3) is 0.154. The Morgan fingerprint density at radius 3 is 2.27 bits per heavy atom. The SMILES string of the molecule is COc1ccc(OC)c(NC2=C(c3ccccc3)C(=O)N(CCc3ccc(F)cc3)C2=O)c1. The highest BCUT2D eigenvalue weighted by Gasteiger charge is 2.39. The molecule has 1 aliphatic rings. The number of carbonyl (C=O) groups excluding carboxylic acids is 2. The summed E-state index contributed by atoms with van der Waals surface area (Å²) >= 11 is 0. The third-order valence-corrected chi connectivity index (χ3v) is 5.43. The van der Waals surface area contributed by atoms with E-state index in [0.29, 0.717) is 29.2 Å². The predicted molar refractivity (Wildman–Crippen MR) is 123 cm³/mol. The number of rotatable bonds is 8. The van der Waals surface area contributed by atoms with Gasteiger partial charge in [-0.15, -0.1) is 0 Å². The maximum atomic E-state index is 13.4. The van der Waals surface area contributed by atoms with Crippen molar-refractivity contribution in [1.82, 2.24) is 4.90 Å². The molecule has 1 heterocycles. The van der Waals surface area contributed by atoms with Crippen LogP contribution in [0.2, 0.25) is 0 Å². The quantitative estimate of drug-likeness (QED) is 0.523. The van der Waals surface area contributed by atoms with Gasteiger partial charge in [-0.25, -0.2) is 4.39 Å². The lowest BCUT2D eigenvalue weighted by molar-refractivity contribution is -0.136. The number of nitrogens with one attached hydrogen (secondary N) is 1. The molecule has 2 amide bonds. The first-order valence-electron chi connectivity index (χ1n) is 10.4. The summed E-state index contributed by atoms with van der Waals surface area (Å²) in [4.78, 5) is 28.0. The number of hydrogen-bond acceptors (Lipinski definition) is 5. The van der Waals surface area contributed by atoms with E-state index >= 15 is 0 Å². The number of hydrogen-bond donors (Lipinski definition) is 1. The molecule has 0 unspecified atom stereocenters. The topological polar surface area (TPSA) is 67.9 Å². The zero-order chi connectivity index (χ0) is 23.4. The molecule has 1 N–H and O–H groups in total. The molecule has 0 atom stereocenters. The molecule has 7 heteroatoms. The minimum atomic E-state index is -0.439. The highest BCUT2D eigenvalue weighted by molar-refractivity contribution is 6.36. The third kappa shape index (κ3) is 4.57. The lowest BCUT2D eigenvalue weighted by atomic mass is 10.0. The molecule has 3 aromatic carbocycles. The van der Waals surface area contributed by atoms with Gasteiger partial charge in [0, 0.05) is 12.6 Å². The molecule has 6 nitrogen and oxygen atoms in total. The summed E-state index contributed by atoms with van der Waals surface area (Å²) in [6, 6.07) is 20.2. The summed E-state index contributed by atoms with van der Waals surface area (Å²) < 4.78 is 23.9. The zero-order valence-corrected chi connectivity index (χ0v) is 18.3. The number of anilines is 1. The number of benzene rings is 3. The van der Waals surface area contributed by atoms with Crippen LogP contribution in [0.25, 0.3) is 5.57 Å². The molecule has 168 valence electrons. The zero-order valence-electron chi connectivity index (χ0n) is 18.3. The maximum absolute atomic E-state index is 13.4. The van der Waals surface area contributed by atoms with Gasteiger partial charge in [0.1, 0.15) is 23.0 Å². The van der Waals surface area contributed by atoms with Gasteiger partial charge in [-0.3, -0.25) is 14.5 Å². The van der Waals surface area contributed by atoms with Gasteiger partial charge in [-0.2, -0.15) is 0 Å². The van der Waals surface area contributed by atoms with Crippen molar-refractivity contribution >= 4 is 23.1 Å². The normalized spacial score (nSPS) is 13.5. The maximum Gasteiger partial charge on any atom is 0.278 e. The molecule has 0 radical (unpaired) electrons. The van der Waals surface area contributed by atoms with Gasteiger partial charge < -0.3 is 14.8 Å². The van der Waals surface area contributed by atoms with E-state index in [1.165, 1.54) is 24.1 Å². The summed E-state index contributed by atoms with van der Waals surface area (Å²) in [7, 11) is 3.07. The molecule has 3 aromatic rings. The van der Waals surface area contributed by atoms with Crippen LogP contribution in [0.4, 0.5) is 10.1 Å².